The molecule has 0 spiro atoms. The van der Waals surface area contributed by atoms with E-state index < -0.39 is 10.0 Å². The standard InChI is InChI=1S/C17H23N5O3S/c1-20(2)12-17(23)19-13-5-6-16-14(11-13)15(21-9-4-8-18-21)7-10-22(16)26(3,24)25/h4-6,8-9,11,15H,7,10,12H2,1-3H3,(H,19,23)/t15-/m1/s1. The Labute approximate surface area is 153 Å². The maximum absolute atomic E-state index is 12.2. The highest BCUT2D eigenvalue weighted by Crippen LogP contribution is 2.38. The van der Waals surface area contributed by atoms with Gasteiger partial charge in [0.05, 0.1) is 24.5 Å². The Morgan fingerprint density at radius 2 is 2.15 bits per heavy atom. The van der Waals surface area contributed by atoms with Gasteiger partial charge >= 0.3 is 0 Å². The summed E-state index contributed by atoms with van der Waals surface area (Å²) in [6.07, 6.45) is 5.38. The molecule has 0 aliphatic carbocycles. The normalized spacial score (nSPS) is 17.2. The Morgan fingerprint density at radius 3 is 2.77 bits per heavy atom. The van der Waals surface area contributed by atoms with Gasteiger partial charge in [-0.2, -0.15) is 5.10 Å². The molecule has 1 aliphatic rings. The minimum Gasteiger partial charge on any atom is -0.325 e. The summed E-state index contributed by atoms with van der Waals surface area (Å²) in [4.78, 5) is 13.8. The number of aromatic nitrogens is 2. The van der Waals surface area contributed by atoms with Crippen molar-refractivity contribution in [3.8, 4) is 0 Å². The lowest BCUT2D eigenvalue weighted by atomic mass is 9.97. The van der Waals surface area contributed by atoms with E-state index in [0.29, 0.717) is 24.3 Å². The fourth-order valence-electron chi connectivity index (χ4n) is 3.21. The Morgan fingerprint density at radius 1 is 1.38 bits per heavy atom. The van der Waals surface area contributed by atoms with Gasteiger partial charge in [-0.15, -0.1) is 0 Å². The molecule has 2 aromatic rings. The molecule has 1 N–H and O–H groups in total. The first-order valence-electron chi connectivity index (χ1n) is 8.31. The molecule has 1 aliphatic heterocycles. The highest BCUT2D eigenvalue weighted by Gasteiger charge is 2.31. The van der Waals surface area contributed by atoms with Gasteiger partial charge in [0.15, 0.2) is 0 Å². The molecular weight excluding hydrogens is 354 g/mol. The van der Waals surface area contributed by atoms with Crippen molar-refractivity contribution in [3.05, 3.63) is 42.2 Å². The van der Waals surface area contributed by atoms with Gasteiger partial charge in [0, 0.05) is 30.2 Å². The maximum Gasteiger partial charge on any atom is 0.238 e. The summed E-state index contributed by atoms with van der Waals surface area (Å²) in [6, 6.07) is 7.08. The molecule has 0 radical (unpaired) electrons. The molecule has 8 nitrogen and oxygen atoms in total. The van der Waals surface area contributed by atoms with E-state index in [1.165, 1.54) is 10.6 Å². The van der Waals surface area contributed by atoms with Crippen LogP contribution in [0, 0.1) is 0 Å². The van der Waals surface area contributed by atoms with Crippen LogP contribution in [-0.4, -0.2) is 62.4 Å². The molecule has 1 aromatic carbocycles. The number of rotatable bonds is 5. The Kier molecular flexibility index (Phi) is 5.01. The third kappa shape index (κ3) is 3.88. The van der Waals surface area contributed by atoms with E-state index in [2.05, 4.69) is 10.4 Å². The molecule has 1 atom stereocenters. The first-order valence-corrected chi connectivity index (χ1v) is 10.2. The van der Waals surface area contributed by atoms with Gasteiger partial charge in [-0.3, -0.25) is 13.8 Å². The first-order chi connectivity index (χ1) is 12.3. The number of likely N-dealkylation sites (N-methyl/N-ethyl adjacent to an activating group) is 1. The van der Waals surface area contributed by atoms with Crippen molar-refractivity contribution >= 4 is 27.3 Å². The topological polar surface area (TPSA) is 87.5 Å². The van der Waals surface area contributed by atoms with Crippen molar-refractivity contribution in [2.24, 2.45) is 0 Å². The Balaban J connectivity index is 1.99. The summed E-state index contributed by atoms with van der Waals surface area (Å²) in [6.45, 7) is 0.665. The van der Waals surface area contributed by atoms with E-state index in [1.807, 2.05) is 37.1 Å². The number of hydrogen-bond acceptors (Lipinski definition) is 5. The number of carbonyl (C=O) groups excluding carboxylic acids is 1. The van der Waals surface area contributed by atoms with Crippen molar-refractivity contribution < 1.29 is 13.2 Å². The van der Waals surface area contributed by atoms with Gasteiger partial charge in [0.25, 0.3) is 0 Å². The molecule has 0 fully saturated rings. The Hall–Kier alpha value is -2.39. The van der Waals surface area contributed by atoms with E-state index in [4.69, 9.17) is 0 Å². The highest BCUT2D eigenvalue weighted by molar-refractivity contribution is 7.92. The second-order valence-corrected chi connectivity index (χ2v) is 8.59. The summed E-state index contributed by atoms with van der Waals surface area (Å²) in [7, 11) is 0.273. The maximum atomic E-state index is 12.2. The van der Waals surface area contributed by atoms with Gasteiger partial charge in [0.2, 0.25) is 15.9 Å². The molecule has 3 rings (SSSR count). The van der Waals surface area contributed by atoms with Crippen molar-refractivity contribution in [1.82, 2.24) is 14.7 Å². The van der Waals surface area contributed by atoms with E-state index in [1.54, 1.807) is 23.2 Å². The van der Waals surface area contributed by atoms with Crippen LogP contribution >= 0.6 is 0 Å². The van der Waals surface area contributed by atoms with Crippen LogP contribution in [0.25, 0.3) is 0 Å². The fraction of sp³-hybridized carbons (Fsp3) is 0.412. The molecule has 1 aromatic heterocycles. The fourth-order valence-corrected chi connectivity index (χ4v) is 4.17. The van der Waals surface area contributed by atoms with Gasteiger partial charge in [-0.1, -0.05) is 0 Å². The predicted molar refractivity (Wildman–Crippen MR) is 101 cm³/mol. The molecule has 9 heteroatoms. The van der Waals surface area contributed by atoms with E-state index in [9.17, 15) is 13.2 Å². The lowest BCUT2D eigenvalue weighted by Crippen LogP contribution is -2.37. The van der Waals surface area contributed by atoms with Crippen LogP contribution in [0.2, 0.25) is 0 Å². The number of amides is 1. The number of benzene rings is 1. The SMILES string of the molecule is CN(C)CC(=O)Nc1ccc2c(c1)[C@H](n1cccn1)CCN2S(C)(=O)=O. The first kappa shape index (κ1) is 18.4. The molecule has 0 saturated carbocycles. The summed E-state index contributed by atoms with van der Waals surface area (Å²) in [5.41, 5.74) is 2.10. The van der Waals surface area contributed by atoms with Crippen LogP contribution in [0.5, 0.6) is 0 Å². The van der Waals surface area contributed by atoms with Crippen molar-refractivity contribution in [2.75, 3.05) is 43.1 Å². The van der Waals surface area contributed by atoms with Crippen molar-refractivity contribution in [2.45, 2.75) is 12.5 Å². The summed E-state index contributed by atoms with van der Waals surface area (Å²) in [5, 5.41) is 7.18. The third-order valence-electron chi connectivity index (χ3n) is 4.25. The molecule has 0 saturated heterocycles. The molecule has 140 valence electrons. The molecule has 1 amide bonds. The number of nitrogens with zero attached hydrogens (tertiary/aromatic N) is 4. The number of carbonyl (C=O) groups is 1. The zero-order chi connectivity index (χ0) is 18.9. The van der Waals surface area contributed by atoms with Crippen LogP contribution in [0.15, 0.2) is 36.7 Å². The number of sulfonamides is 1. The van der Waals surface area contributed by atoms with Crippen molar-refractivity contribution in [3.63, 3.8) is 0 Å². The zero-order valence-corrected chi connectivity index (χ0v) is 15.9. The van der Waals surface area contributed by atoms with Crippen molar-refractivity contribution in [1.29, 1.82) is 0 Å². The number of nitrogens with one attached hydrogen (secondary N) is 1. The highest BCUT2D eigenvalue weighted by atomic mass is 32.2. The lowest BCUT2D eigenvalue weighted by molar-refractivity contribution is -0.116. The second-order valence-electron chi connectivity index (χ2n) is 6.69. The van der Waals surface area contributed by atoms with Gasteiger partial charge in [0.1, 0.15) is 0 Å². The van der Waals surface area contributed by atoms with Crippen LogP contribution in [0.1, 0.15) is 18.0 Å². The zero-order valence-electron chi connectivity index (χ0n) is 15.1. The molecule has 0 bridgehead atoms. The number of fused-ring (bicyclic) bond motifs is 1. The number of hydrogen-bond donors (Lipinski definition) is 1. The van der Waals surface area contributed by atoms with Gasteiger partial charge in [-0.05, 0) is 44.8 Å². The average molecular weight is 377 g/mol. The smallest absolute Gasteiger partial charge is 0.238 e. The third-order valence-corrected chi connectivity index (χ3v) is 5.43. The minimum atomic E-state index is -3.37. The monoisotopic (exact) mass is 377 g/mol. The van der Waals surface area contributed by atoms with Crippen LogP contribution in [0.3, 0.4) is 0 Å². The van der Waals surface area contributed by atoms with Crippen LogP contribution in [0.4, 0.5) is 11.4 Å². The van der Waals surface area contributed by atoms with Crippen LogP contribution in [-0.2, 0) is 14.8 Å². The average Bonchev–Trinajstić information content (AvgIpc) is 3.06. The minimum absolute atomic E-state index is 0.0799. The van der Waals surface area contributed by atoms with E-state index in [-0.39, 0.29) is 18.5 Å². The van der Waals surface area contributed by atoms with Gasteiger partial charge in [-0.25, -0.2) is 8.42 Å². The van der Waals surface area contributed by atoms with Crippen LogP contribution < -0.4 is 9.62 Å². The number of anilines is 2. The molecule has 2 heterocycles. The summed E-state index contributed by atoms with van der Waals surface area (Å²) < 4.78 is 27.5. The van der Waals surface area contributed by atoms with Gasteiger partial charge < -0.3 is 10.2 Å². The molecule has 26 heavy (non-hydrogen) atoms. The van der Waals surface area contributed by atoms with E-state index >= 15 is 0 Å². The quantitative estimate of drug-likeness (QED) is 0.844. The summed E-state index contributed by atoms with van der Waals surface area (Å²) >= 11 is 0. The van der Waals surface area contributed by atoms with E-state index in [0.717, 1.165) is 5.56 Å². The predicted octanol–water partition coefficient (Wildman–Crippen LogP) is 1.14. The molecule has 0 unspecified atom stereocenters. The largest absolute Gasteiger partial charge is 0.325 e. The molecular formula is C17H23N5O3S. The second kappa shape index (κ2) is 7.08. The Bertz CT molecular complexity index is 893. The summed E-state index contributed by atoms with van der Waals surface area (Å²) in [5.74, 6) is -0.124. The lowest BCUT2D eigenvalue weighted by Gasteiger charge is -2.34.